The number of benzene rings is 2. The number of para-hydroxylation sites is 1. The first-order valence-electron chi connectivity index (χ1n) is 8.41. The van der Waals surface area contributed by atoms with Gasteiger partial charge in [-0.3, -0.25) is 9.59 Å². The molecule has 0 saturated carbocycles. The molecule has 1 amide bonds. The van der Waals surface area contributed by atoms with Gasteiger partial charge < -0.3 is 15.2 Å². The van der Waals surface area contributed by atoms with Crippen molar-refractivity contribution in [1.29, 1.82) is 0 Å². The second kappa shape index (κ2) is 9.56. The molecule has 0 radical (unpaired) electrons. The number of nitrogens with one attached hydrogen (secondary N) is 1. The molecule has 0 spiro atoms. The third-order valence-electron chi connectivity index (χ3n) is 3.89. The molecule has 1 unspecified atom stereocenters. The van der Waals surface area contributed by atoms with Crippen LogP contribution in [0.5, 0.6) is 5.75 Å². The Labute approximate surface area is 151 Å². The van der Waals surface area contributed by atoms with Gasteiger partial charge >= 0.3 is 5.97 Å². The molecule has 138 valence electrons. The lowest BCUT2D eigenvalue weighted by Gasteiger charge is -2.17. The molecule has 0 aromatic heterocycles. The molecule has 2 aromatic carbocycles. The molecule has 0 heterocycles. The van der Waals surface area contributed by atoms with Gasteiger partial charge in [-0.25, -0.2) is 4.39 Å². The van der Waals surface area contributed by atoms with E-state index in [9.17, 15) is 14.0 Å². The van der Waals surface area contributed by atoms with Crippen molar-refractivity contribution in [2.75, 3.05) is 6.61 Å². The fourth-order valence-corrected chi connectivity index (χ4v) is 2.52. The van der Waals surface area contributed by atoms with Gasteiger partial charge in [0.2, 0.25) is 5.91 Å². The Morgan fingerprint density at radius 3 is 2.50 bits per heavy atom. The number of carboxylic acids is 1. The van der Waals surface area contributed by atoms with Crippen LogP contribution in [0.2, 0.25) is 0 Å². The number of aliphatic carboxylic acids is 1. The Kier molecular flexibility index (Phi) is 7.14. The van der Waals surface area contributed by atoms with Gasteiger partial charge in [-0.05, 0) is 42.7 Å². The number of halogens is 1. The number of amides is 1. The largest absolute Gasteiger partial charge is 0.493 e. The maximum absolute atomic E-state index is 13.0. The predicted molar refractivity (Wildman–Crippen MR) is 95.4 cm³/mol. The van der Waals surface area contributed by atoms with E-state index in [1.165, 1.54) is 24.3 Å². The van der Waals surface area contributed by atoms with Crippen molar-refractivity contribution in [2.24, 2.45) is 0 Å². The summed E-state index contributed by atoms with van der Waals surface area (Å²) in [6.07, 6.45) is 0.448. The highest BCUT2D eigenvalue weighted by molar-refractivity contribution is 5.77. The standard InChI is InChI=1S/C20H22FNO4/c1-14-5-2-3-6-18(14)26-12-4-7-19(23)22-17(13-20(24)25)15-8-10-16(21)11-9-15/h2-3,5-6,8-11,17H,4,7,12-13H2,1H3,(H,22,23)(H,24,25). The van der Waals surface area contributed by atoms with E-state index < -0.39 is 17.8 Å². The predicted octanol–water partition coefficient (Wildman–Crippen LogP) is 3.63. The molecule has 0 fully saturated rings. The molecule has 26 heavy (non-hydrogen) atoms. The molecular weight excluding hydrogens is 337 g/mol. The van der Waals surface area contributed by atoms with Crippen molar-refractivity contribution in [1.82, 2.24) is 5.32 Å². The second-order valence-corrected chi connectivity index (χ2v) is 5.99. The minimum atomic E-state index is -1.04. The van der Waals surface area contributed by atoms with E-state index in [4.69, 9.17) is 9.84 Å². The fourth-order valence-electron chi connectivity index (χ4n) is 2.52. The van der Waals surface area contributed by atoms with Crippen LogP contribution in [-0.2, 0) is 9.59 Å². The number of ether oxygens (including phenoxy) is 1. The van der Waals surface area contributed by atoms with Gasteiger partial charge in [-0.1, -0.05) is 30.3 Å². The lowest BCUT2D eigenvalue weighted by atomic mass is 10.0. The highest BCUT2D eigenvalue weighted by Gasteiger charge is 2.18. The van der Waals surface area contributed by atoms with Crippen LogP contribution in [0.3, 0.4) is 0 Å². The third kappa shape index (κ3) is 6.20. The van der Waals surface area contributed by atoms with Crippen molar-refractivity contribution in [3.8, 4) is 5.75 Å². The number of aryl methyl sites for hydroxylation is 1. The number of rotatable bonds is 9. The Bertz CT molecular complexity index is 746. The van der Waals surface area contributed by atoms with Crippen molar-refractivity contribution in [3.63, 3.8) is 0 Å². The van der Waals surface area contributed by atoms with Gasteiger partial charge in [-0.15, -0.1) is 0 Å². The molecule has 0 saturated heterocycles. The highest BCUT2D eigenvalue weighted by Crippen LogP contribution is 2.18. The van der Waals surface area contributed by atoms with Gasteiger partial charge in [0.1, 0.15) is 11.6 Å². The number of carbonyl (C=O) groups is 2. The number of hydrogen-bond donors (Lipinski definition) is 2. The van der Waals surface area contributed by atoms with Gasteiger partial charge in [0.05, 0.1) is 19.1 Å². The van der Waals surface area contributed by atoms with Crippen LogP contribution in [0, 0.1) is 12.7 Å². The molecule has 0 aliphatic rings. The molecule has 5 nitrogen and oxygen atoms in total. The summed E-state index contributed by atoms with van der Waals surface area (Å²) in [5, 5.41) is 11.7. The number of carbonyl (C=O) groups excluding carboxylic acids is 1. The monoisotopic (exact) mass is 359 g/mol. The summed E-state index contributed by atoms with van der Waals surface area (Å²) in [5.74, 6) is -0.943. The molecule has 2 rings (SSSR count). The molecule has 0 aliphatic heterocycles. The van der Waals surface area contributed by atoms with E-state index in [1.54, 1.807) is 0 Å². The molecule has 0 aliphatic carbocycles. The van der Waals surface area contributed by atoms with Crippen LogP contribution in [-0.4, -0.2) is 23.6 Å². The van der Waals surface area contributed by atoms with Crippen LogP contribution < -0.4 is 10.1 Å². The smallest absolute Gasteiger partial charge is 0.305 e. The van der Waals surface area contributed by atoms with E-state index in [-0.39, 0.29) is 18.7 Å². The molecular formula is C20H22FNO4. The zero-order valence-corrected chi connectivity index (χ0v) is 14.6. The topological polar surface area (TPSA) is 75.6 Å². The lowest BCUT2D eigenvalue weighted by Crippen LogP contribution is -2.30. The first kappa shape index (κ1) is 19.4. The summed E-state index contributed by atoms with van der Waals surface area (Å²) in [6.45, 7) is 2.33. The number of hydrogen-bond acceptors (Lipinski definition) is 3. The Morgan fingerprint density at radius 2 is 1.85 bits per heavy atom. The summed E-state index contributed by atoms with van der Waals surface area (Å²) >= 11 is 0. The van der Waals surface area contributed by atoms with Gasteiger partial charge in [-0.2, -0.15) is 0 Å². The van der Waals surface area contributed by atoms with Gasteiger partial charge in [0.15, 0.2) is 0 Å². The van der Waals surface area contributed by atoms with E-state index >= 15 is 0 Å². The Hall–Kier alpha value is -2.89. The molecule has 2 aromatic rings. The molecule has 6 heteroatoms. The van der Waals surface area contributed by atoms with E-state index in [2.05, 4.69) is 5.32 Å². The summed E-state index contributed by atoms with van der Waals surface area (Å²) in [6, 6.07) is 12.4. The van der Waals surface area contributed by atoms with Crippen LogP contribution >= 0.6 is 0 Å². The number of carboxylic acid groups (broad SMARTS) is 1. The van der Waals surface area contributed by atoms with Crippen LogP contribution in [0.25, 0.3) is 0 Å². The maximum atomic E-state index is 13.0. The van der Waals surface area contributed by atoms with Crippen LogP contribution in [0.1, 0.15) is 36.4 Å². The van der Waals surface area contributed by atoms with Crippen LogP contribution in [0.4, 0.5) is 4.39 Å². The fraction of sp³-hybridized carbons (Fsp3) is 0.300. The maximum Gasteiger partial charge on any atom is 0.305 e. The molecule has 1 atom stereocenters. The lowest BCUT2D eigenvalue weighted by molar-refractivity contribution is -0.137. The highest BCUT2D eigenvalue weighted by atomic mass is 19.1. The molecule has 0 bridgehead atoms. The Balaban J connectivity index is 1.84. The van der Waals surface area contributed by atoms with Crippen molar-refractivity contribution in [2.45, 2.75) is 32.2 Å². The first-order chi connectivity index (χ1) is 12.5. The van der Waals surface area contributed by atoms with Gasteiger partial charge in [0.25, 0.3) is 0 Å². The second-order valence-electron chi connectivity index (χ2n) is 5.99. The average Bonchev–Trinajstić information content (AvgIpc) is 2.60. The van der Waals surface area contributed by atoms with E-state index in [1.807, 2.05) is 31.2 Å². The summed E-state index contributed by atoms with van der Waals surface area (Å²) in [7, 11) is 0. The Morgan fingerprint density at radius 1 is 1.15 bits per heavy atom. The third-order valence-corrected chi connectivity index (χ3v) is 3.89. The van der Waals surface area contributed by atoms with E-state index in [0.717, 1.165) is 11.3 Å². The van der Waals surface area contributed by atoms with Crippen molar-refractivity contribution in [3.05, 3.63) is 65.5 Å². The van der Waals surface area contributed by atoms with Crippen molar-refractivity contribution < 1.29 is 23.8 Å². The average molecular weight is 359 g/mol. The SMILES string of the molecule is Cc1ccccc1OCCCC(=O)NC(CC(=O)O)c1ccc(F)cc1. The minimum Gasteiger partial charge on any atom is -0.493 e. The molecule has 2 N–H and O–H groups in total. The van der Waals surface area contributed by atoms with Crippen LogP contribution in [0.15, 0.2) is 48.5 Å². The normalized spacial score (nSPS) is 11.6. The summed E-state index contributed by atoms with van der Waals surface area (Å²) in [5.41, 5.74) is 1.58. The minimum absolute atomic E-state index is 0.212. The summed E-state index contributed by atoms with van der Waals surface area (Å²) in [4.78, 5) is 23.2. The van der Waals surface area contributed by atoms with E-state index in [0.29, 0.717) is 18.6 Å². The zero-order chi connectivity index (χ0) is 18.9. The first-order valence-corrected chi connectivity index (χ1v) is 8.41. The summed E-state index contributed by atoms with van der Waals surface area (Å²) < 4.78 is 18.7. The van der Waals surface area contributed by atoms with Crippen molar-refractivity contribution >= 4 is 11.9 Å². The van der Waals surface area contributed by atoms with Gasteiger partial charge in [0, 0.05) is 6.42 Å². The zero-order valence-electron chi connectivity index (χ0n) is 14.6. The quantitative estimate of drug-likeness (QED) is 0.671.